The minimum Gasteiger partial charge on any atom is -0.326 e. The van der Waals surface area contributed by atoms with E-state index in [1.54, 1.807) is 12.1 Å². The number of carbonyl (C=O) groups is 2. The smallest absolute Gasteiger partial charge is 0.233 e. The Bertz CT molecular complexity index is 761. The van der Waals surface area contributed by atoms with E-state index in [1.807, 2.05) is 12.1 Å². The highest BCUT2D eigenvalue weighted by atomic mass is 19.1. The number of rotatable bonds is 4. The van der Waals surface area contributed by atoms with Gasteiger partial charge in [-0.2, -0.15) is 0 Å². The molecule has 132 valence electrons. The number of amides is 2. The predicted molar refractivity (Wildman–Crippen MR) is 93.4 cm³/mol. The Balaban J connectivity index is 1.95. The van der Waals surface area contributed by atoms with Crippen molar-refractivity contribution >= 4 is 23.2 Å². The standard InChI is InChI=1S/C19H20F2N2O2/c1-19(2,3)12-7-9-13(10-8-12)22-16(24)11-17(25)23-18-14(20)5-4-6-15(18)21/h4-10H,11H2,1-3H3,(H,22,24)(H,23,25). The minimum absolute atomic E-state index is 0.00768. The second-order valence-electron chi connectivity index (χ2n) is 6.70. The number of nitrogens with one attached hydrogen (secondary N) is 2. The van der Waals surface area contributed by atoms with Crippen molar-refractivity contribution in [2.75, 3.05) is 10.6 Å². The van der Waals surface area contributed by atoms with Crippen LogP contribution in [0.3, 0.4) is 0 Å². The summed E-state index contributed by atoms with van der Waals surface area (Å²) in [5.41, 5.74) is 1.09. The number of para-hydroxylation sites is 1. The Kier molecular flexibility index (Phi) is 5.51. The molecule has 2 amide bonds. The van der Waals surface area contributed by atoms with E-state index in [-0.39, 0.29) is 5.41 Å². The van der Waals surface area contributed by atoms with E-state index in [1.165, 1.54) is 6.07 Å². The zero-order valence-corrected chi connectivity index (χ0v) is 14.3. The highest BCUT2D eigenvalue weighted by Crippen LogP contribution is 2.23. The molecule has 2 aromatic rings. The molecular formula is C19H20F2N2O2. The van der Waals surface area contributed by atoms with Gasteiger partial charge in [0.15, 0.2) is 0 Å². The fraction of sp³-hybridized carbons (Fsp3) is 0.263. The third kappa shape index (κ3) is 5.11. The molecule has 2 N–H and O–H groups in total. The number of carbonyl (C=O) groups excluding carboxylic acids is 2. The quantitative estimate of drug-likeness (QED) is 0.814. The van der Waals surface area contributed by atoms with Crippen LogP contribution in [0, 0.1) is 11.6 Å². The van der Waals surface area contributed by atoms with Crippen LogP contribution in [0.5, 0.6) is 0 Å². The average Bonchev–Trinajstić information content (AvgIpc) is 2.50. The summed E-state index contributed by atoms with van der Waals surface area (Å²) in [7, 11) is 0. The lowest BCUT2D eigenvalue weighted by atomic mass is 9.87. The van der Waals surface area contributed by atoms with Gasteiger partial charge in [0.2, 0.25) is 11.8 Å². The van der Waals surface area contributed by atoms with Gasteiger partial charge in [0.1, 0.15) is 23.7 Å². The van der Waals surface area contributed by atoms with Gasteiger partial charge in [-0.3, -0.25) is 9.59 Å². The molecule has 0 aliphatic heterocycles. The van der Waals surface area contributed by atoms with Gasteiger partial charge in [-0.15, -0.1) is 0 Å². The maximum atomic E-state index is 13.5. The van der Waals surface area contributed by atoms with Crippen LogP contribution in [0.2, 0.25) is 0 Å². The van der Waals surface area contributed by atoms with E-state index < -0.39 is 35.6 Å². The Morgan fingerprint density at radius 2 is 1.40 bits per heavy atom. The fourth-order valence-electron chi connectivity index (χ4n) is 2.21. The first-order chi connectivity index (χ1) is 11.7. The molecule has 0 heterocycles. The van der Waals surface area contributed by atoms with Crippen LogP contribution < -0.4 is 10.6 Å². The van der Waals surface area contributed by atoms with Gasteiger partial charge < -0.3 is 10.6 Å². The van der Waals surface area contributed by atoms with E-state index in [2.05, 4.69) is 31.4 Å². The monoisotopic (exact) mass is 346 g/mol. The van der Waals surface area contributed by atoms with Crippen LogP contribution in [-0.4, -0.2) is 11.8 Å². The molecule has 0 radical (unpaired) electrons. The molecule has 0 saturated heterocycles. The number of benzene rings is 2. The van der Waals surface area contributed by atoms with E-state index >= 15 is 0 Å². The summed E-state index contributed by atoms with van der Waals surface area (Å²) < 4.78 is 26.9. The van der Waals surface area contributed by atoms with Gasteiger partial charge >= 0.3 is 0 Å². The maximum absolute atomic E-state index is 13.5. The van der Waals surface area contributed by atoms with Gasteiger partial charge in [-0.25, -0.2) is 8.78 Å². The van der Waals surface area contributed by atoms with E-state index in [0.717, 1.165) is 17.7 Å². The largest absolute Gasteiger partial charge is 0.326 e. The first-order valence-corrected chi connectivity index (χ1v) is 7.81. The molecular weight excluding hydrogens is 326 g/mol. The Labute approximate surface area is 145 Å². The summed E-state index contributed by atoms with van der Waals surface area (Å²) in [6.07, 6.45) is -0.547. The molecule has 0 aliphatic carbocycles. The summed E-state index contributed by atoms with van der Waals surface area (Å²) in [5.74, 6) is -3.16. The van der Waals surface area contributed by atoms with Crippen molar-refractivity contribution in [2.24, 2.45) is 0 Å². The average molecular weight is 346 g/mol. The second-order valence-corrected chi connectivity index (χ2v) is 6.70. The Morgan fingerprint density at radius 3 is 1.92 bits per heavy atom. The Morgan fingerprint density at radius 1 is 0.880 bits per heavy atom. The van der Waals surface area contributed by atoms with Gasteiger partial charge in [-0.1, -0.05) is 39.0 Å². The number of halogens is 2. The van der Waals surface area contributed by atoms with Crippen molar-refractivity contribution < 1.29 is 18.4 Å². The fourth-order valence-corrected chi connectivity index (χ4v) is 2.21. The van der Waals surface area contributed by atoms with Crippen molar-refractivity contribution in [3.63, 3.8) is 0 Å². The van der Waals surface area contributed by atoms with Crippen LogP contribution in [0.15, 0.2) is 42.5 Å². The third-order valence-corrected chi connectivity index (χ3v) is 3.58. The summed E-state index contributed by atoms with van der Waals surface area (Å²) in [6, 6.07) is 10.5. The SMILES string of the molecule is CC(C)(C)c1ccc(NC(=O)CC(=O)Nc2c(F)cccc2F)cc1. The molecule has 0 aromatic heterocycles. The van der Waals surface area contributed by atoms with Crippen molar-refractivity contribution in [2.45, 2.75) is 32.6 Å². The number of hydrogen-bond donors (Lipinski definition) is 2. The molecule has 2 aromatic carbocycles. The lowest BCUT2D eigenvalue weighted by molar-refractivity contribution is -0.123. The highest BCUT2D eigenvalue weighted by molar-refractivity contribution is 6.08. The predicted octanol–water partition coefficient (Wildman–Crippen LogP) is 4.23. The molecule has 6 heteroatoms. The zero-order valence-electron chi connectivity index (χ0n) is 14.3. The summed E-state index contributed by atoms with van der Waals surface area (Å²) in [6.45, 7) is 6.23. The first kappa shape index (κ1) is 18.6. The molecule has 0 saturated carbocycles. The van der Waals surface area contributed by atoms with Crippen LogP contribution in [0.25, 0.3) is 0 Å². The molecule has 2 rings (SSSR count). The van der Waals surface area contributed by atoms with Gasteiger partial charge in [-0.05, 0) is 35.2 Å². The van der Waals surface area contributed by atoms with Crippen LogP contribution >= 0.6 is 0 Å². The normalized spacial score (nSPS) is 11.1. The first-order valence-electron chi connectivity index (χ1n) is 7.81. The van der Waals surface area contributed by atoms with E-state index in [4.69, 9.17) is 0 Å². The number of anilines is 2. The van der Waals surface area contributed by atoms with Crippen molar-refractivity contribution in [1.29, 1.82) is 0 Å². The van der Waals surface area contributed by atoms with E-state index in [0.29, 0.717) is 5.69 Å². The molecule has 25 heavy (non-hydrogen) atoms. The molecule has 4 nitrogen and oxygen atoms in total. The molecule has 0 atom stereocenters. The highest BCUT2D eigenvalue weighted by Gasteiger charge is 2.16. The maximum Gasteiger partial charge on any atom is 0.233 e. The molecule has 0 unspecified atom stereocenters. The minimum atomic E-state index is -0.897. The van der Waals surface area contributed by atoms with Crippen molar-refractivity contribution in [3.05, 3.63) is 59.7 Å². The van der Waals surface area contributed by atoms with Crippen LogP contribution in [0.1, 0.15) is 32.8 Å². The van der Waals surface area contributed by atoms with Gasteiger partial charge in [0.25, 0.3) is 0 Å². The van der Waals surface area contributed by atoms with Gasteiger partial charge in [0, 0.05) is 5.69 Å². The van der Waals surface area contributed by atoms with Crippen LogP contribution in [0.4, 0.5) is 20.2 Å². The summed E-state index contributed by atoms with van der Waals surface area (Å²) in [4.78, 5) is 23.7. The molecule has 0 aliphatic rings. The second kappa shape index (κ2) is 7.42. The lowest BCUT2D eigenvalue weighted by Gasteiger charge is -2.19. The van der Waals surface area contributed by atoms with Crippen LogP contribution in [-0.2, 0) is 15.0 Å². The number of hydrogen-bond acceptors (Lipinski definition) is 2. The summed E-state index contributed by atoms with van der Waals surface area (Å²) in [5, 5.41) is 4.65. The van der Waals surface area contributed by atoms with Gasteiger partial charge in [0.05, 0.1) is 0 Å². The Hall–Kier alpha value is -2.76. The molecule has 0 bridgehead atoms. The molecule has 0 fully saturated rings. The third-order valence-electron chi connectivity index (χ3n) is 3.58. The van der Waals surface area contributed by atoms with E-state index in [9.17, 15) is 18.4 Å². The van der Waals surface area contributed by atoms with Crippen molar-refractivity contribution in [3.8, 4) is 0 Å². The molecule has 0 spiro atoms. The zero-order chi connectivity index (χ0) is 18.6. The van der Waals surface area contributed by atoms with Crippen molar-refractivity contribution in [1.82, 2.24) is 0 Å². The lowest BCUT2D eigenvalue weighted by Crippen LogP contribution is -2.22. The topological polar surface area (TPSA) is 58.2 Å². The summed E-state index contributed by atoms with van der Waals surface area (Å²) >= 11 is 0.